The van der Waals surface area contributed by atoms with Crippen molar-refractivity contribution in [3.8, 4) is 0 Å². The molecular formula is C15H22FN3O2. The molecule has 0 saturated carbocycles. The fourth-order valence-corrected chi connectivity index (χ4v) is 1.79. The first-order valence-corrected chi connectivity index (χ1v) is 6.63. The second-order valence-corrected chi connectivity index (χ2v) is 6.13. The molecule has 0 aromatic heterocycles. The minimum Gasteiger partial charge on any atom is -0.398 e. The van der Waals surface area contributed by atoms with Crippen molar-refractivity contribution in [3.63, 3.8) is 0 Å². The van der Waals surface area contributed by atoms with Gasteiger partial charge in [-0.2, -0.15) is 0 Å². The molecule has 5 nitrogen and oxygen atoms in total. The van der Waals surface area contributed by atoms with Gasteiger partial charge in [0.1, 0.15) is 5.82 Å². The maximum Gasteiger partial charge on any atom is 0.254 e. The summed E-state index contributed by atoms with van der Waals surface area (Å²) in [5, 5.41) is 2.76. The molecule has 0 heterocycles. The highest BCUT2D eigenvalue weighted by molar-refractivity contribution is 5.97. The number of likely N-dealkylation sites (N-methyl/N-ethyl adjacent to an activating group) is 1. The predicted octanol–water partition coefficient (Wildman–Crippen LogP) is 1.70. The summed E-state index contributed by atoms with van der Waals surface area (Å²) >= 11 is 0. The SMILES string of the molecule is Cc1c(N)cc(C(=O)N(C)CC(=O)NC(C)(C)C)cc1F. The highest BCUT2D eigenvalue weighted by Crippen LogP contribution is 2.18. The van der Waals surface area contributed by atoms with E-state index < -0.39 is 11.7 Å². The average molecular weight is 295 g/mol. The summed E-state index contributed by atoms with van der Waals surface area (Å²) in [6.45, 7) is 6.99. The zero-order valence-corrected chi connectivity index (χ0v) is 13.1. The Bertz CT molecular complexity index is 542. The largest absolute Gasteiger partial charge is 0.398 e. The Morgan fingerprint density at radius 1 is 1.33 bits per heavy atom. The van der Waals surface area contributed by atoms with E-state index in [9.17, 15) is 14.0 Å². The van der Waals surface area contributed by atoms with Gasteiger partial charge < -0.3 is 16.0 Å². The van der Waals surface area contributed by atoms with Crippen LogP contribution in [0.15, 0.2) is 12.1 Å². The highest BCUT2D eigenvalue weighted by Gasteiger charge is 2.20. The zero-order chi connectivity index (χ0) is 16.4. The summed E-state index contributed by atoms with van der Waals surface area (Å²) < 4.78 is 13.6. The molecule has 1 aromatic carbocycles. The van der Waals surface area contributed by atoms with Gasteiger partial charge in [-0.05, 0) is 39.8 Å². The van der Waals surface area contributed by atoms with Crippen LogP contribution in [-0.4, -0.2) is 35.8 Å². The number of carbonyl (C=O) groups is 2. The van der Waals surface area contributed by atoms with Crippen LogP contribution in [0.1, 0.15) is 36.7 Å². The molecule has 0 spiro atoms. The number of hydrogen-bond acceptors (Lipinski definition) is 3. The van der Waals surface area contributed by atoms with Crippen molar-refractivity contribution in [2.24, 2.45) is 0 Å². The summed E-state index contributed by atoms with van der Waals surface area (Å²) in [5.41, 5.74) is 5.93. The van der Waals surface area contributed by atoms with Gasteiger partial charge in [0.15, 0.2) is 0 Å². The van der Waals surface area contributed by atoms with Crippen LogP contribution in [0.3, 0.4) is 0 Å². The molecule has 116 valence electrons. The lowest BCUT2D eigenvalue weighted by molar-refractivity contribution is -0.122. The predicted molar refractivity (Wildman–Crippen MR) is 80.4 cm³/mol. The number of nitrogens with zero attached hydrogens (tertiary/aromatic N) is 1. The lowest BCUT2D eigenvalue weighted by Gasteiger charge is -2.23. The molecule has 0 saturated heterocycles. The second kappa shape index (κ2) is 6.11. The van der Waals surface area contributed by atoms with Gasteiger partial charge in [-0.25, -0.2) is 4.39 Å². The number of amides is 2. The summed E-state index contributed by atoms with van der Waals surface area (Å²) in [6.07, 6.45) is 0. The van der Waals surface area contributed by atoms with Gasteiger partial charge >= 0.3 is 0 Å². The number of rotatable bonds is 3. The first kappa shape index (κ1) is 16.9. The number of benzene rings is 1. The van der Waals surface area contributed by atoms with Crippen molar-refractivity contribution >= 4 is 17.5 Å². The van der Waals surface area contributed by atoms with Crippen LogP contribution in [-0.2, 0) is 4.79 Å². The van der Waals surface area contributed by atoms with Gasteiger partial charge in [0.05, 0.1) is 6.54 Å². The van der Waals surface area contributed by atoms with Crippen molar-refractivity contribution in [2.45, 2.75) is 33.2 Å². The van der Waals surface area contributed by atoms with Crippen molar-refractivity contribution in [3.05, 3.63) is 29.1 Å². The third-order valence-corrected chi connectivity index (χ3v) is 2.87. The van der Waals surface area contributed by atoms with Gasteiger partial charge in [-0.15, -0.1) is 0 Å². The molecule has 6 heteroatoms. The molecule has 3 N–H and O–H groups in total. The van der Waals surface area contributed by atoms with Crippen molar-refractivity contribution in [1.29, 1.82) is 0 Å². The first-order chi connectivity index (χ1) is 9.51. The molecule has 0 aliphatic heterocycles. The minimum atomic E-state index is -0.536. The van der Waals surface area contributed by atoms with Crippen LogP contribution in [0.5, 0.6) is 0 Å². The van der Waals surface area contributed by atoms with Gasteiger partial charge in [0, 0.05) is 29.4 Å². The van der Waals surface area contributed by atoms with Crippen molar-refractivity contribution in [1.82, 2.24) is 10.2 Å². The number of anilines is 1. The van der Waals surface area contributed by atoms with Crippen molar-refractivity contribution < 1.29 is 14.0 Å². The zero-order valence-electron chi connectivity index (χ0n) is 13.1. The van der Waals surface area contributed by atoms with E-state index in [1.165, 1.54) is 18.0 Å². The number of carbonyl (C=O) groups excluding carboxylic acids is 2. The second-order valence-electron chi connectivity index (χ2n) is 6.13. The first-order valence-electron chi connectivity index (χ1n) is 6.63. The highest BCUT2D eigenvalue weighted by atomic mass is 19.1. The Morgan fingerprint density at radius 3 is 2.38 bits per heavy atom. The molecule has 0 radical (unpaired) electrons. The molecule has 0 unspecified atom stereocenters. The standard InChI is InChI=1S/C15H22FN3O2/c1-9-11(16)6-10(7-12(9)17)14(21)19(5)8-13(20)18-15(2,3)4/h6-7H,8,17H2,1-5H3,(H,18,20). The summed E-state index contributed by atoms with van der Waals surface area (Å²) in [4.78, 5) is 25.2. The molecule has 0 atom stereocenters. The van der Waals surface area contributed by atoms with Crippen LogP contribution in [0, 0.1) is 12.7 Å². The lowest BCUT2D eigenvalue weighted by atomic mass is 10.1. The normalized spacial score (nSPS) is 11.1. The molecule has 0 aliphatic carbocycles. The van der Waals surface area contributed by atoms with E-state index in [1.807, 2.05) is 20.8 Å². The Labute approximate surface area is 124 Å². The van der Waals surface area contributed by atoms with E-state index >= 15 is 0 Å². The van der Waals surface area contributed by atoms with Crippen LogP contribution in [0.4, 0.5) is 10.1 Å². The van der Waals surface area contributed by atoms with E-state index in [-0.39, 0.29) is 29.2 Å². The van der Waals surface area contributed by atoms with Gasteiger partial charge in [-0.1, -0.05) is 0 Å². The fraction of sp³-hybridized carbons (Fsp3) is 0.467. The van der Waals surface area contributed by atoms with E-state index in [1.54, 1.807) is 6.92 Å². The molecular weight excluding hydrogens is 273 g/mol. The molecule has 21 heavy (non-hydrogen) atoms. The number of nitrogens with one attached hydrogen (secondary N) is 1. The Hall–Kier alpha value is -2.11. The minimum absolute atomic E-state index is 0.106. The maximum atomic E-state index is 13.6. The Morgan fingerprint density at radius 2 is 1.90 bits per heavy atom. The summed E-state index contributed by atoms with van der Waals surface area (Å²) in [6, 6.07) is 2.55. The van der Waals surface area contributed by atoms with E-state index in [0.29, 0.717) is 5.56 Å². The van der Waals surface area contributed by atoms with Crippen LogP contribution in [0.2, 0.25) is 0 Å². The van der Waals surface area contributed by atoms with E-state index in [4.69, 9.17) is 5.73 Å². The number of halogens is 1. The van der Waals surface area contributed by atoms with Crippen LogP contribution in [0.25, 0.3) is 0 Å². The quantitative estimate of drug-likeness (QED) is 0.833. The van der Waals surface area contributed by atoms with Crippen molar-refractivity contribution in [2.75, 3.05) is 19.3 Å². The van der Waals surface area contributed by atoms with E-state index in [2.05, 4.69) is 5.32 Å². The summed E-state index contributed by atoms with van der Waals surface area (Å²) in [7, 11) is 1.48. The number of nitrogens with two attached hydrogens (primary N) is 1. The smallest absolute Gasteiger partial charge is 0.254 e. The Kier molecular flexibility index (Phi) is 4.93. The van der Waals surface area contributed by atoms with Crippen LogP contribution < -0.4 is 11.1 Å². The molecule has 1 rings (SSSR count). The Balaban J connectivity index is 2.82. The third kappa shape index (κ3) is 4.73. The average Bonchev–Trinajstić information content (AvgIpc) is 2.31. The lowest BCUT2D eigenvalue weighted by Crippen LogP contribution is -2.46. The van der Waals surface area contributed by atoms with Gasteiger partial charge in [0.2, 0.25) is 5.91 Å². The number of nitrogen functional groups attached to an aromatic ring is 1. The molecule has 0 fully saturated rings. The molecule has 0 aliphatic rings. The topological polar surface area (TPSA) is 75.4 Å². The summed E-state index contributed by atoms with van der Waals surface area (Å²) in [5.74, 6) is -1.27. The fourth-order valence-electron chi connectivity index (χ4n) is 1.79. The van der Waals surface area contributed by atoms with Gasteiger partial charge in [0.25, 0.3) is 5.91 Å². The third-order valence-electron chi connectivity index (χ3n) is 2.87. The van der Waals surface area contributed by atoms with Gasteiger partial charge in [-0.3, -0.25) is 9.59 Å². The van der Waals surface area contributed by atoms with Crippen LogP contribution >= 0.6 is 0 Å². The molecule has 2 amide bonds. The number of hydrogen-bond donors (Lipinski definition) is 2. The maximum absolute atomic E-state index is 13.6. The molecule has 1 aromatic rings. The molecule has 0 bridgehead atoms. The van der Waals surface area contributed by atoms with E-state index in [0.717, 1.165) is 6.07 Å². The monoisotopic (exact) mass is 295 g/mol.